The molecular weight excluding hydrogens is 462 g/mol. The van der Waals surface area contributed by atoms with Crippen molar-refractivity contribution in [2.75, 3.05) is 42.9 Å². The van der Waals surface area contributed by atoms with Crippen molar-refractivity contribution < 1.29 is 4.79 Å². The van der Waals surface area contributed by atoms with Gasteiger partial charge in [-0.2, -0.15) is 0 Å². The van der Waals surface area contributed by atoms with E-state index in [1.807, 2.05) is 36.4 Å². The Morgan fingerprint density at radius 1 is 0.892 bits per heavy atom. The van der Waals surface area contributed by atoms with Crippen molar-refractivity contribution in [2.24, 2.45) is 0 Å². The van der Waals surface area contributed by atoms with E-state index in [0.29, 0.717) is 35.5 Å². The van der Waals surface area contributed by atoms with Gasteiger partial charge in [0.15, 0.2) is 0 Å². The molecule has 2 aliphatic rings. The predicted molar refractivity (Wildman–Crippen MR) is 149 cm³/mol. The summed E-state index contributed by atoms with van der Waals surface area (Å²) in [5, 5.41) is 3.57. The minimum Gasteiger partial charge on any atom is -0.369 e. The molecule has 0 unspecified atom stereocenters. The number of rotatable bonds is 5. The Bertz CT molecular complexity index is 1520. The summed E-state index contributed by atoms with van der Waals surface area (Å²) in [5.74, 6) is 0.649. The van der Waals surface area contributed by atoms with Crippen molar-refractivity contribution in [1.29, 1.82) is 0 Å². The molecule has 3 aromatic carbocycles. The Hall–Kier alpha value is -4.23. The van der Waals surface area contributed by atoms with Gasteiger partial charge in [0.25, 0.3) is 5.56 Å². The van der Waals surface area contributed by atoms with Crippen molar-refractivity contribution in [3.63, 3.8) is 0 Å². The zero-order valence-corrected chi connectivity index (χ0v) is 20.6. The Balaban J connectivity index is 1.15. The first-order chi connectivity index (χ1) is 18.1. The molecule has 1 amide bonds. The molecule has 2 aliphatic heterocycles. The number of benzene rings is 3. The van der Waals surface area contributed by atoms with Crippen molar-refractivity contribution in [1.82, 2.24) is 14.5 Å². The number of hydrogen-bond donors (Lipinski definition) is 1. The molecule has 7 nitrogen and oxygen atoms in total. The number of nitrogens with one attached hydrogen (secondary N) is 1. The van der Waals surface area contributed by atoms with Crippen LogP contribution in [-0.4, -0.2) is 53.1 Å². The summed E-state index contributed by atoms with van der Waals surface area (Å²) in [5.41, 5.74) is 4.58. The predicted octanol–water partition coefficient (Wildman–Crippen LogP) is 4.10. The molecule has 6 rings (SSSR count). The number of amides is 1. The number of carbonyl (C=O) groups is 1. The van der Waals surface area contributed by atoms with E-state index in [-0.39, 0.29) is 11.5 Å². The summed E-state index contributed by atoms with van der Waals surface area (Å²) in [6.45, 7) is 4.43. The van der Waals surface area contributed by atoms with Crippen LogP contribution in [-0.2, 0) is 11.3 Å². The maximum Gasteiger partial charge on any atom is 0.261 e. The first-order valence-corrected chi connectivity index (χ1v) is 12.8. The van der Waals surface area contributed by atoms with Crippen LogP contribution in [0.2, 0.25) is 0 Å². The SMILES string of the molecule is O=C(CN1CCN(c2ccccc2)CC1)Nc1ccc2c(=O)n3c(nc2c1)C(=Cc1ccccc1)CC3. The lowest BCUT2D eigenvalue weighted by Gasteiger charge is -2.35. The number of aromatic nitrogens is 2. The number of fused-ring (bicyclic) bond motifs is 2. The molecule has 0 aliphatic carbocycles. The van der Waals surface area contributed by atoms with Gasteiger partial charge in [-0.3, -0.25) is 19.1 Å². The average molecular weight is 492 g/mol. The molecule has 1 saturated heterocycles. The second-order valence-electron chi connectivity index (χ2n) is 9.60. The maximum atomic E-state index is 13.1. The van der Waals surface area contributed by atoms with Crippen LogP contribution in [0, 0.1) is 0 Å². The molecule has 0 saturated carbocycles. The highest BCUT2D eigenvalue weighted by Crippen LogP contribution is 2.28. The molecule has 0 spiro atoms. The largest absolute Gasteiger partial charge is 0.369 e. The van der Waals surface area contributed by atoms with Gasteiger partial charge in [0.1, 0.15) is 5.82 Å². The lowest BCUT2D eigenvalue weighted by atomic mass is 10.1. The topological polar surface area (TPSA) is 70.5 Å². The summed E-state index contributed by atoms with van der Waals surface area (Å²) < 4.78 is 1.75. The fourth-order valence-corrected chi connectivity index (χ4v) is 5.19. The minimum atomic E-state index is -0.0601. The van der Waals surface area contributed by atoms with E-state index < -0.39 is 0 Å². The van der Waals surface area contributed by atoms with E-state index >= 15 is 0 Å². The highest BCUT2D eigenvalue weighted by Gasteiger charge is 2.22. The lowest BCUT2D eigenvalue weighted by Crippen LogP contribution is -2.48. The molecule has 4 aromatic rings. The normalized spacial score (nSPS) is 16.8. The van der Waals surface area contributed by atoms with Gasteiger partial charge in [-0.1, -0.05) is 48.5 Å². The molecule has 0 atom stereocenters. The quantitative estimate of drug-likeness (QED) is 0.455. The number of anilines is 2. The third-order valence-electron chi connectivity index (χ3n) is 7.13. The highest BCUT2D eigenvalue weighted by molar-refractivity contribution is 5.95. The van der Waals surface area contributed by atoms with Gasteiger partial charge in [0, 0.05) is 44.1 Å². The number of allylic oxidation sites excluding steroid dienone is 1. The minimum absolute atomic E-state index is 0.0365. The number of carbonyl (C=O) groups excluding carboxylic acids is 1. The third-order valence-corrected chi connectivity index (χ3v) is 7.13. The zero-order chi connectivity index (χ0) is 25.2. The van der Waals surface area contributed by atoms with E-state index in [2.05, 4.69) is 45.5 Å². The van der Waals surface area contributed by atoms with Crippen molar-refractivity contribution in [3.8, 4) is 0 Å². The van der Waals surface area contributed by atoms with Gasteiger partial charge in [-0.15, -0.1) is 0 Å². The molecule has 1 N–H and O–H groups in total. The van der Waals surface area contributed by atoms with Crippen LogP contribution in [0.15, 0.2) is 83.7 Å². The van der Waals surface area contributed by atoms with Crippen molar-refractivity contribution in [2.45, 2.75) is 13.0 Å². The fourth-order valence-electron chi connectivity index (χ4n) is 5.19. The zero-order valence-electron chi connectivity index (χ0n) is 20.6. The fraction of sp³-hybridized carbons (Fsp3) is 0.233. The first kappa shape index (κ1) is 23.2. The highest BCUT2D eigenvalue weighted by atomic mass is 16.2. The maximum absolute atomic E-state index is 13.1. The molecule has 186 valence electrons. The summed E-state index contributed by atoms with van der Waals surface area (Å²) in [7, 11) is 0. The number of piperazine rings is 1. The molecule has 7 heteroatoms. The van der Waals surface area contributed by atoms with Gasteiger partial charge >= 0.3 is 0 Å². The van der Waals surface area contributed by atoms with Gasteiger partial charge in [-0.25, -0.2) is 4.98 Å². The van der Waals surface area contributed by atoms with Crippen LogP contribution in [0.3, 0.4) is 0 Å². The Kier molecular flexibility index (Phi) is 6.28. The third kappa shape index (κ3) is 4.90. The van der Waals surface area contributed by atoms with Crippen molar-refractivity contribution in [3.05, 3.63) is 101 Å². The van der Waals surface area contributed by atoms with Crippen LogP contribution in [0.5, 0.6) is 0 Å². The summed E-state index contributed by atoms with van der Waals surface area (Å²) in [4.78, 5) is 35.3. The van der Waals surface area contributed by atoms with Crippen LogP contribution in [0.1, 0.15) is 17.8 Å². The monoisotopic (exact) mass is 491 g/mol. The second-order valence-corrected chi connectivity index (χ2v) is 9.60. The molecule has 1 aromatic heterocycles. The molecular formula is C30H29N5O2. The van der Waals surface area contributed by atoms with Crippen LogP contribution < -0.4 is 15.8 Å². The van der Waals surface area contributed by atoms with Crippen LogP contribution >= 0.6 is 0 Å². The summed E-state index contributed by atoms with van der Waals surface area (Å²) in [6, 6.07) is 25.8. The molecule has 37 heavy (non-hydrogen) atoms. The van der Waals surface area contributed by atoms with E-state index in [1.165, 1.54) is 5.69 Å². The Labute approximate surface area is 215 Å². The number of nitrogens with zero attached hydrogens (tertiary/aromatic N) is 4. The molecule has 3 heterocycles. The average Bonchev–Trinajstić information content (AvgIpc) is 3.32. The molecule has 1 fully saturated rings. The van der Waals surface area contributed by atoms with E-state index in [4.69, 9.17) is 4.98 Å². The van der Waals surface area contributed by atoms with E-state index in [0.717, 1.165) is 43.7 Å². The summed E-state index contributed by atoms with van der Waals surface area (Å²) >= 11 is 0. The van der Waals surface area contributed by atoms with E-state index in [1.54, 1.807) is 22.8 Å². The summed E-state index contributed by atoms with van der Waals surface area (Å²) in [6.07, 6.45) is 2.87. The second kappa shape index (κ2) is 10.0. The van der Waals surface area contributed by atoms with Gasteiger partial charge < -0.3 is 10.2 Å². The van der Waals surface area contributed by atoms with Crippen molar-refractivity contribution >= 4 is 39.8 Å². The molecule has 0 radical (unpaired) electrons. The van der Waals surface area contributed by atoms with Crippen LogP contribution in [0.25, 0.3) is 22.6 Å². The smallest absolute Gasteiger partial charge is 0.261 e. The Morgan fingerprint density at radius 2 is 1.62 bits per heavy atom. The Morgan fingerprint density at radius 3 is 2.38 bits per heavy atom. The molecule has 0 bridgehead atoms. The first-order valence-electron chi connectivity index (χ1n) is 12.8. The van der Waals surface area contributed by atoms with Gasteiger partial charge in [-0.05, 0) is 54.0 Å². The number of para-hydroxylation sites is 1. The number of hydrogen-bond acceptors (Lipinski definition) is 5. The van der Waals surface area contributed by atoms with Crippen LogP contribution in [0.4, 0.5) is 11.4 Å². The standard InChI is InChI=1S/C30H29N5O2/c36-28(21-33-15-17-34(18-16-33)25-9-5-2-6-10-25)31-24-11-12-26-27(20-24)32-29-23(13-14-35(29)30(26)37)19-22-7-3-1-4-8-22/h1-12,19-20H,13-18,21H2,(H,31,36). The lowest BCUT2D eigenvalue weighted by molar-refractivity contribution is -0.117. The van der Waals surface area contributed by atoms with Gasteiger partial charge in [0.2, 0.25) is 5.91 Å². The van der Waals surface area contributed by atoms with E-state index in [9.17, 15) is 9.59 Å². The van der Waals surface area contributed by atoms with Gasteiger partial charge in [0.05, 0.1) is 17.4 Å².